The minimum Gasteiger partial charge on any atom is -0.493 e. The predicted molar refractivity (Wildman–Crippen MR) is 109 cm³/mol. The fourth-order valence-corrected chi connectivity index (χ4v) is 2.97. The van der Waals surface area contributed by atoms with E-state index in [0.717, 1.165) is 4.47 Å². The van der Waals surface area contributed by atoms with Crippen molar-refractivity contribution in [2.45, 2.75) is 0 Å². The van der Waals surface area contributed by atoms with Gasteiger partial charge < -0.3 is 24.9 Å². The SMILES string of the molecule is COc1ccc(C(=O)NCC(=O)N=Nc2c(O)[nH]c3ccc(Br)cc23)cc1OC. The number of ether oxygens (including phenoxy) is 2. The Kier molecular flexibility index (Phi) is 6.13. The Labute approximate surface area is 173 Å². The maximum Gasteiger partial charge on any atom is 0.283 e. The molecule has 1 heterocycles. The van der Waals surface area contributed by atoms with Gasteiger partial charge in [-0.05, 0) is 36.4 Å². The number of aromatic amines is 1. The molecule has 3 N–H and O–H groups in total. The zero-order chi connectivity index (χ0) is 21.0. The van der Waals surface area contributed by atoms with Crippen molar-refractivity contribution in [2.75, 3.05) is 20.8 Å². The van der Waals surface area contributed by atoms with E-state index in [4.69, 9.17) is 9.47 Å². The third-order valence-corrected chi connectivity index (χ3v) is 4.51. The molecule has 0 aliphatic heterocycles. The van der Waals surface area contributed by atoms with Gasteiger partial charge in [-0.3, -0.25) is 9.59 Å². The number of azo groups is 1. The number of benzene rings is 2. The monoisotopic (exact) mass is 460 g/mol. The van der Waals surface area contributed by atoms with Crippen LogP contribution in [0.4, 0.5) is 5.69 Å². The Morgan fingerprint density at radius 2 is 1.90 bits per heavy atom. The summed E-state index contributed by atoms with van der Waals surface area (Å²) in [6, 6.07) is 9.93. The van der Waals surface area contributed by atoms with Crippen LogP contribution in [-0.2, 0) is 4.79 Å². The second-order valence-electron chi connectivity index (χ2n) is 5.86. The first-order valence-corrected chi connectivity index (χ1v) is 9.17. The molecule has 0 aliphatic carbocycles. The zero-order valence-corrected chi connectivity index (χ0v) is 17.1. The Bertz CT molecular complexity index is 1110. The summed E-state index contributed by atoms with van der Waals surface area (Å²) in [5.41, 5.74) is 1.08. The highest BCUT2D eigenvalue weighted by molar-refractivity contribution is 9.10. The van der Waals surface area contributed by atoms with E-state index in [9.17, 15) is 14.7 Å². The average Bonchev–Trinajstić information content (AvgIpc) is 3.04. The number of aromatic nitrogens is 1. The molecular weight excluding hydrogens is 444 g/mol. The van der Waals surface area contributed by atoms with Gasteiger partial charge in [0.1, 0.15) is 6.54 Å². The average molecular weight is 461 g/mol. The zero-order valence-electron chi connectivity index (χ0n) is 15.5. The van der Waals surface area contributed by atoms with E-state index in [0.29, 0.717) is 28.0 Å². The van der Waals surface area contributed by atoms with Crippen LogP contribution in [0.15, 0.2) is 51.1 Å². The second kappa shape index (κ2) is 8.74. The molecular formula is C19H17BrN4O5. The molecule has 0 fully saturated rings. The molecule has 0 atom stereocenters. The van der Waals surface area contributed by atoms with E-state index < -0.39 is 11.8 Å². The number of hydrogen-bond donors (Lipinski definition) is 3. The molecule has 0 spiro atoms. The first-order chi connectivity index (χ1) is 13.9. The van der Waals surface area contributed by atoms with Crippen LogP contribution in [0.2, 0.25) is 0 Å². The number of nitrogens with zero attached hydrogens (tertiary/aromatic N) is 2. The molecule has 2 aromatic carbocycles. The summed E-state index contributed by atoms with van der Waals surface area (Å²) in [5.74, 6) is -0.480. The van der Waals surface area contributed by atoms with Gasteiger partial charge in [0.2, 0.25) is 5.88 Å². The van der Waals surface area contributed by atoms with Crippen molar-refractivity contribution >= 4 is 44.3 Å². The van der Waals surface area contributed by atoms with Crippen molar-refractivity contribution in [1.82, 2.24) is 10.3 Å². The number of amides is 2. The summed E-state index contributed by atoms with van der Waals surface area (Å²) in [6.07, 6.45) is 0. The van der Waals surface area contributed by atoms with Crippen molar-refractivity contribution in [3.05, 3.63) is 46.4 Å². The molecule has 3 rings (SSSR count). The Morgan fingerprint density at radius 1 is 1.14 bits per heavy atom. The molecule has 150 valence electrons. The molecule has 10 heteroatoms. The van der Waals surface area contributed by atoms with E-state index in [1.807, 2.05) is 0 Å². The van der Waals surface area contributed by atoms with Crippen LogP contribution in [0, 0.1) is 0 Å². The number of H-pyrrole nitrogens is 1. The molecule has 2 amide bonds. The number of nitrogens with one attached hydrogen (secondary N) is 2. The molecule has 29 heavy (non-hydrogen) atoms. The van der Waals surface area contributed by atoms with E-state index in [1.54, 1.807) is 30.3 Å². The van der Waals surface area contributed by atoms with Crippen molar-refractivity contribution in [1.29, 1.82) is 0 Å². The summed E-state index contributed by atoms with van der Waals surface area (Å²) >= 11 is 3.34. The lowest BCUT2D eigenvalue weighted by Crippen LogP contribution is -2.28. The Balaban J connectivity index is 1.66. The molecule has 0 unspecified atom stereocenters. The summed E-state index contributed by atoms with van der Waals surface area (Å²) in [7, 11) is 2.95. The van der Waals surface area contributed by atoms with E-state index in [-0.39, 0.29) is 18.1 Å². The highest BCUT2D eigenvalue weighted by Crippen LogP contribution is 2.36. The van der Waals surface area contributed by atoms with Crippen LogP contribution in [0.3, 0.4) is 0 Å². The third kappa shape index (κ3) is 4.54. The van der Waals surface area contributed by atoms with Gasteiger partial charge in [0.05, 0.1) is 19.7 Å². The van der Waals surface area contributed by atoms with Gasteiger partial charge in [0, 0.05) is 15.4 Å². The first kappa shape index (κ1) is 20.3. The number of aromatic hydroxyl groups is 1. The maximum absolute atomic E-state index is 12.2. The van der Waals surface area contributed by atoms with Gasteiger partial charge >= 0.3 is 0 Å². The lowest BCUT2D eigenvalue weighted by Gasteiger charge is -2.09. The number of methoxy groups -OCH3 is 2. The van der Waals surface area contributed by atoms with E-state index in [1.165, 1.54) is 20.3 Å². The quantitative estimate of drug-likeness (QED) is 0.483. The molecule has 0 saturated carbocycles. The molecule has 0 aliphatic rings. The fraction of sp³-hybridized carbons (Fsp3) is 0.158. The summed E-state index contributed by atoms with van der Waals surface area (Å²) < 4.78 is 11.1. The number of halogens is 1. The van der Waals surface area contributed by atoms with Crippen LogP contribution in [0.25, 0.3) is 10.9 Å². The molecule has 3 aromatic rings. The van der Waals surface area contributed by atoms with Gasteiger partial charge in [0.25, 0.3) is 11.8 Å². The molecule has 1 aromatic heterocycles. The van der Waals surface area contributed by atoms with Crippen LogP contribution < -0.4 is 14.8 Å². The highest BCUT2D eigenvalue weighted by atomic mass is 79.9. The summed E-state index contributed by atoms with van der Waals surface area (Å²) in [5, 5.41) is 20.4. The van der Waals surface area contributed by atoms with E-state index >= 15 is 0 Å². The minimum absolute atomic E-state index is 0.140. The number of rotatable bonds is 6. The van der Waals surface area contributed by atoms with Crippen molar-refractivity contribution in [2.24, 2.45) is 10.2 Å². The normalized spacial score (nSPS) is 11.0. The molecule has 0 bridgehead atoms. The number of hydrogen-bond acceptors (Lipinski definition) is 6. The lowest BCUT2D eigenvalue weighted by molar-refractivity contribution is -0.117. The summed E-state index contributed by atoms with van der Waals surface area (Å²) in [4.78, 5) is 27.0. The van der Waals surface area contributed by atoms with Crippen LogP contribution in [0.1, 0.15) is 10.4 Å². The van der Waals surface area contributed by atoms with Gasteiger partial charge in [-0.25, -0.2) is 0 Å². The van der Waals surface area contributed by atoms with Crippen molar-refractivity contribution in [3.8, 4) is 17.4 Å². The molecule has 9 nitrogen and oxygen atoms in total. The van der Waals surface area contributed by atoms with Gasteiger partial charge in [-0.15, -0.1) is 10.2 Å². The van der Waals surface area contributed by atoms with Crippen LogP contribution in [-0.4, -0.2) is 42.7 Å². The predicted octanol–water partition coefficient (Wildman–Crippen LogP) is 3.69. The van der Waals surface area contributed by atoms with Crippen molar-refractivity contribution in [3.63, 3.8) is 0 Å². The topological polar surface area (TPSA) is 125 Å². The largest absolute Gasteiger partial charge is 0.493 e. The Morgan fingerprint density at radius 3 is 2.62 bits per heavy atom. The van der Waals surface area contributed by atoms with Crippen molar-refractivity contribution < 1.29 is 24.2 Å². The van der Waals surface area contributed by atoms with Gasteiger partial charge in [0.15, 0.2) is 17.2 Å². The number of carbonyl (C=O) groups excluding carboxylic acids is 2. The maximum atomic E-state index is 12.2. The fourth-order valence-electron chi connectivity index (χ4n) is 2.61. The van der Waals surface area contributed by atoms with E-state index in [2.05, 4.69) is 36.5 Å². The lowest BCUT2D eigenvalue weighted by atomic mass is 10.2. The minimum atomic E-state index is -0.678. The first-order valence-electron chi connectivity index (χ1n) is 8.38. The Hall–Kier alpha value is -3.40. The van der Waals surface area contributed by atoms with Crippen LogP contribution >= 0.6 is 15.9 Å². The molecule has 0 radical (unpaired) electrons. The summed E-state index contributed by atoms with van der Waals surface area (Å²) in [6.45, 7) is -0.358. The molecule has 0 saturated heterocycles. The van der Waals surface area contributed by atoms with Gasteiger partial charge in [-0.2, -0.15) is 0 Å². The number of fused-ring (bicyclic) bond motifs is 1. The second-order valence-corrected chi connectivity index (χ2v) is 6.77. The highest BCUT2D eigenvalue weighted by Gasteiger charge is 2.13. The third-order valence-electron chi connectivity index (χ3n) is 4.02. The van der Waals surface area contributed by atoms with Crippen LogP contribution in [0.5, 0.6) is 17.4 Å². The van der Waals surface area contributed by atoms with Gasteiger partial charge in [-0.1, -0.05) is 15.9 Å². The standard InChI is InChI=1S/C19H17BrN4O5/c1-28-14-6-3-10(7-15(14)29-2)18(26)21-9-16(25)23-24-17-12-8-11(20)4-5-13(12)22-19(17)27/h3-8,22,27H,9H2,1-2H3,(H,21,26). The smallest absolute Gasteiger partial charge is 0.283 e. The number of carbonyl (C=O) groups is 2.